The maximum Gasteiger partial charge on any atom is 0.227 e. The van der Waals surface area contributed by atoms with Crippen LogP contribution in [0.3, 0.4) is 0 Å². The molecule has 266 valence electrons. The first-order valence-electron chi connectivity index (χ1n) is 19.2. The number of aryl methyl sites for hydroxylation is 2. The van der Waals surface area contributed by atoms with Crippen LogP contribution in [0, 0.1) is 5.92 Å². The molecule has 0 atom stereocenters. The fourth-order valence-electron chi connectivity index (χ4n) is 7.42. The number of rotatable bonds is 11. The smallest absolute Gasteiger partial charge is 0.227 e. The van der Waals surface area contributed by atoms with E-state index in [0.29, 0.717) is 11.8 Å². The fourth-order valence-corrected chi connectivity index (χ4v) is 7.42. The van der Waals surface area contributed by atoms with Crippen molar-refractivity contribution >= 4 is 28.2 Å². The Morgan fingerprint density at radius 2 is 0.963 bits per heavy atom. The van der Waals surface area contributed by atoms with Gasteiger partial charge >= 0.3 is 0 Å². The molecule has 0 saturated carbocycles. The highest BCUT2D eigenvalue weighted by Gasteiger charge is 2.17. The molecule has 1 heterocycles. The van der Waals surface area contributed by atoms with Gasteiger partial charge in [-0.15, -0.1) is 0 Å². The van der Waals surface area contributed by atoms with E-state index in [1.165, 1.54) is 44.5 Å². The van der Waals surface area contributed by atoms with Crippen molar-refractivity contribution in [1.29, 1.82) is 0 Å². The number of fused-ring (bicyclic) bond motifs is 1. The topological polar surface area (TPSA) is 29.3 Å². The summed E-state index contributed by atoms with van der Waals surface area (Å²) in [5.74, 6) is 1.19. The molecule has 0 radical (unpaired) electrons. The van der Waals surface area contributed by atoms with Crippen molar-refractivity contribution in [3.8, 4) is 44.8 Å². The number of hydrogen-bond donors (Lipinski definition) is 0. The lowest BCUT2D eigenvalue weighted by Gasteiger charge is -2.26. The highest BCUT2D eigenvalue weighted by molar-refractivity contribution is 5.93. The second-order valence-corrected chi connectivity index (χ2v) is 14.5. The van der Waals surface area contributed by atoms with Crippen molar-refractivity contribution in [1.82, 2.24) is 4.98 Å². The average Bonchev–Trinajstić information content (AvgIpc) is 3.66. The number of anilines is 3. The summed E-state index contributed by atoms with van der Waals surface area (Å²) in [6.07, 6.45) is 3.07. The van der Waals surface area contributed by atoms with Crippen molar-refractivity contribution < 1.29 is 4.42 Å². The number of para-hydroxylation sites is 2. The Hall–Kier alpha value is -6.19. The molecular weight excluding hydrogens is 657 g/mol. The Labute approximate surface area is 319 Å². The molecule has 0 N–H and O–H groups in total. The molecule has 0 aliphatic rings. The van der Waals surface area contributed by atoms with Crippen molar-refractivity contribution in [2.45, 2.75) is 47.0 Å². The summed E-state index contributed by atoms with van der Waals surface area (Å²) in [7, 11) is 0. The van der Waals surface area contributed by atoms with E-state index in [4.69, 9.17) is 9.40 Å². The summed E-state index contributed by atoms with van der Waals surface area (Å²) in [6, 6.07) is 59.3. The van der Waals surface area contributed by atoms with Crippen molar-refractivity contribution in [2.75, 3.05) is 4.90 Å². The van der Waals surface area contributed by atoms with Crippen LogP contribution in [0.2, 0.25) is 0 Å². The maximum absolute atomic E-state index is 6.08. The zero-order valence-corrected chi connectivity index (χ0v) is 31.6. The molecule has 3 nitrogen and oxygen atoms in total. The van der Waals surface area contributed by atoms with Gasteiger partial charge in [0.15, 0.2) is 5.58 Å². The number of benzene rings is 7. The lowest BCUT2D eigenvalue weighted by Crippen LogP contribution is -2.10. The quantitative estimate of drug-likeness (QED) is 0.134. The Morgan fingerprint density at radius 3 is 1.54 bits per heavy atom. The van der Waals surface area contributed by atoms with E-state index >= 15 is 0 Å². The molecular formula is C51H46N2O. The second-order valence-electron chi connectivity index (χ2n) is 14.5. The predicted molar refractivity (Wildman–Crippen MR) is 228 cm³/mol. The van der Waals surface area contributed by atoms with Crippen LogP contribution in [0.5, 0.6) is 0 Å². The molecule has 7 aromatic carbocycles. The predicted octanol–water partition coefficient (Wildman–Crippen LogP) is 14.3. The molecule has 0 aliphatic heterocycles. The highest BCUT2D eigenvalue weighted by Crippen LogP contribution is 2.41. The van der Waals surface area contributed by atoms with Crippen LogP contribution < -0.4 is 4.90 Å². The molecule has 54 heavy (non-hydrogen) atoms. The van der Waals surface area contributed by atoms with Gasteiger partial charge in [-0.2, -0.15) is 0 Å². The van der Waals surface area contributed by atoms with Gasteiger partial charge in [0.2, 0.25) is 5.89 Å². The zero-order chi connectivity index (χ0) is 37.0. The molecule has 0 spiro atoms. The molecule has 1 aromatic heterocycles. The third kappa shape index (κ3) is 7.23. The van der Waals surface area contributed by atoms with Crippen molar-refractivity contribution in [3.05, 3.63) is 180 Å². The van der Waals surface area contributed by atoms with Gasteiger partial charge in [-0.05, 0) is 136 Å². The third-order valence-electron chi connectivity index (χ3n) is 10.3. The van der Waals surface area contributed by atoms with Gasteiger partial charge in [0.1, 0.15) is 5.52 Å². The van der Waals surface area contributed by atoms with Gasteiger partial charge in [0, 0.05) is 22.6 Å². The molecule has 8 aromatic rings. The van der Waals surface area contributed by atoms with Crippen LogP contribution in [0.25, 0.3) is 55.9 Å². The average molecular weight is 703 g/mol. The van der Waals surface area contributed by atoms with Gasteiger partial charge in [0.25, 0.3) is 0 Å². The van der Waals surface area contributed by atoms with Crippen molar-refractivity contribution in [3.63, 3.8) is 0 Å². The van der Waals surface area contributed by atoms with Gasteiger partial charge in [0.05, 0.1) is 0 Å². The largest absolute Gasteiger partial charge is 0.436 e. The molecule has 0 saturated heterocycles. The molecule has 0 aliphatic carbocycles. The summed E-state index contributed by atoms with van der Waals surface area (Å²) >= 11 is 0. The molecule has 8 rings (SSSR count). The van der Waals surface area contributed by atoms with Crippen LogP contribution >= 0.6 is 0 Å². The number of oxazole rings is 1. The minimum Gasteiger partial charge on any atom is -0.436 e. The standard InChI is InChI=1S/C51H46N2O/c1-5-36-15-26-42(27-16-36)53(43-28-17-37(6-2)18-29-43)44-30-24-40(25-31-44)46-32-19-38(33-35(3)4)34-48(46)47-12-8-7-11-45(47)39-20-22-41(23-21-39)51-52-49-13-9-10-14-50(49)54-51/h7-32,34-35H,5-6,33H2,1-4H3. The molecule has 0 amide bonds. The molecule has 0 unspecified atom stereocenters. The molecule has 3 heteroatoms. The first kappa shape index (κ1) is 34.9. The lowest BCUT2D eigenvalue weighted by molar-refractivity contribution is 0.620. The van der Waals surface area contributed by atoms with Crippen LogP contribution in [-0.4, -0.2) is 4.98 Å². The Kier molecular flexibility index (Phi) is 9.96. The Morgan fingerprint density at radius 1 is 0.481 bits per heavy atom. The van der Waals surface area contributed by atoms with E-state index in [9.17, 15) is 0 Å². The van der Waals surface area contributed by atoms with Crippen molar-refractivity contribution in [2.24, 2.45) is 5.92 Å². The number of aromatic nitrogens is 1. The van der Waals surface area contributed by atoms with E-state index in [2.05, 4.69) is 172 Å². The highest BCUT2D eigenvalue weighted by atomic mass is 16.3. The van der Waals surface area contributed by atoms with E-state index in [1.807, 2.05) is 24.3 Å². The SMILES string of the molecule is CCc1ccc(N(c2ccc(CC)cc2)c2ccc(-c3ccc(CC(C)C)cc3-c3ccccc3-c3ccc(-c4nc5ccccc5o4)cc3)cc2)cc1. The first-order valence-corrected chi connectivity index (χ1v) is 19.2. The van der Waals surface area contributed by atoms with Crippen LogP contribution in [-0.2, 0) is 19.3 Å². The second kappa shape index (κ2) is 15.4. The van der Waals surface area contributed by atoms with Gasteiger partial charge in [-0.25, -0.2) is 4.98 Å². The molecule has 0 fully saturated rings. The Bertz CT molecular complexity index is 2410. The van der Waals surface area contributed by atoms with E-state index in [-0.39, 0.29) is 0 Å². The monoisotopic (exact) mass is 702 g/mol. The number of hydrogen-bond acceptors (Lipinski definition) is 3. The molecule has 0 bridgehead atoms. The summed E-state index contributed by atoms with van der Waals surface area (Å²) < 4.78 is 6.08. The summed E-state index contributed by atoms with van der Waals surface area (Å²) in [6.45, 7) is 8.98. The first-order chi connectivity index (χ1) is 26.5. The lowest BCUT2D eigenvalue weighted by atomic mass is 9.87. The maximum atomic E-state index is 6.08. The fraction of sp³-hybridized carbons (Fsp3) is 0.157. The summed E-state index contributed by atoms with van der Waals surface area (Å²) in [5, 5.41) is 0. The van der Waals surface area contributed by atoms with Gasteiger partial charge in [-0.1, -0.05) is 131 Å². The normalized spacial score (nSPS) is 11.4. The number of nitrogens with zero attached hydrogens (tertiary/aromatic N) is 2. The van der Waals surface area contributed by atoms with Gasteiger partial charge in [-0.3, -0.25) is 0 Å². The minimum absolute atomic E-state index is 0.557. The van der Waals surface area contributed by atoms with E-state index < -0.39 is 0 Å². The summed E-state index contributed by atoms with van der Waals surface area (Å²) in [4.78, 5) is 7.08. The third-order valence-corrected chi connectivity index (χ3v) is 10.3. The minimum atomic E-state index is 0.557. The van der Waals surface area contributed by atoms with E-state index in [1.54, 1.807) is 0 Å². The summed E-state index contributed by atoms with van der Waals surface area (Å²) in [5.41, 5.74) is 17.3. The van der Waals surface area contributed by atoms with E-state index in [0.717, 1.165) is 58.6 Å². The van der Waals surface area contributed by atoms with Gasteiger partial charge < -0.3 is 9.32 Å². The zero-order valence-electron chi connectivity index (χ0n) is 31.6. The van der Waals surface area contributed by atoms with Crippen LogP contribution in [0.4, 0.5) is 17.1 Å². The van der Waals surface area contributed by atoms with Crippen LogP contribution in [0.1, 0.15) is 44.4 Å². The Balaban J connectivity index is 1.18. The van der Waals surface area contributed by atoms with Crippen LogP contribution in [0.15, 0.2) is 168 Å².